The van der Waals surface area contributed by atoms with Crippen LogP contribution in [0.1, 0.15) is 55.6 Å². The molecule has 3 aliphatic rings. The number of rotatable bonds is 11. The Bertz CT molecular complexity index is 1060. The number of carbonyl (C=O) groups excluding carboxylic acids is 2. The Morgan fingerprint density at radius 2 is 1.57 bits per heavy atom. The van der Waals surface area contributed by atoms with Gasteiger partial charge in [0, 0.05) is 18.9 Å². The van der Waals surface area contributed by atoms with Crippen molar-refractivity contribution < 1.29 is 24.2 Å². The summed E-state index contributed by atoms with van der Waals surface area (Å²) < 4.78 is 5.61. The number of carboxylic acids is 1. The van der Waals surface area contributed by atoms with E-state index >= 15 is 0 Å². The highest BCUT2D eigenvalue weighted by Gasteiger charge is 2.35. The van der Waals surface area contributed by atoms with Crippen LogP contribution in [0, 0.1) is 17.8 Å². The van der Waals surface area contributed by atoms with Crippen molar-refractivity contribution in [3.63, 3.8) is 0 Å². The van der Waals surface area contributed by atoms with E-state index in [0.29, 0.717) is 24.8 Å². The Kier molecular flexibility index (Phi) is 6.75. The summed E-state index contributed by atoms with van der Waals surface area (Å²) in [7, 11) is 0. The van der Waals surface area contributed by atoms with Crippen molar-refractivity contribution in [1.82, 2.24) is 10.6 Å². The van der Waals surface area contributed by atoms with Crippen LogP contribution in [0.3, 0.4) is 0 Å². The van der Waals surface area contributed by atoms with Gasteiger partial charge in [-0.3, -0.25) is 4.79 Å². The van der Waals surface area contributed by atoms with E-state index < -0.39 is 18.1 Å². The van der Waals surface area contributed by atoms with Gasteiger partial charge in [-0.25, -0.2) is 9.59 Å². The van der Waals surface area contributed by atoms with Crippen molar-refractivity contribution in [2.45, 2.75) is 50.5 Å². The maximum absolute atomic E-state index is 12.6. The van der Waals surface area contributed by atoms with Crippen LogP contribution in [0.15, 0.2) is 48.5 Å². The van der Waals surface area contributed by atoms with Crippen molar-refractivity contribution in [3.8, 4) is 11.1 Å². The summed E-state index contributed by atoms with van der Waals surface area (Å²) in [5.41, 5.74) is 4.68. The number of amides is 2. The van der Waals surface area contributed by atoms with E-state index in [2.05, 4.69) is 34.9 Å². The summed E-state index contributed by atoms with van der Waals surface area (Å²) in [6, 6.07) is 15.6. The number of aliphatic carboxylic acids is 1. The van der Waals surface area contributed by atoms with Crippen LogP contribution < -0.4 is 10.6 Å². The average molecular weight is 477 g/mol. The van der Waals surface area contributed by atoms with Gasteiger partial charge < -0.3 is 20.5 Å². The molecule has 2 fully saturated rings. The predicted octanol–water partition coefficient (Wildman–Crippen LogP) is 4.31. The lowest BCUT2D eigenvalue weighted by atomic mass is 9.98. The van der Waals surface area contributed by atoms with Crippen LogP contribution in [0.4, 0.5) is 4.79 Å². The van der Waals surface area contributed by atoms with Gasteiger partial charge in [0.25, 0.3) is 0 Å². The monoisotopic (exact) mass is 476 g/mol. The molecule has 0 aromatic heterocycles. The van der Waals surface area contributed by atoms with Crippen LogP contribution in [-0.2, 0) is 14.3 Å². The lowest BCUT2D eigenvalue weighted by Gasteiger charge is -2.20. The molecule has 2 aromatic rings. The molecule has 3 N–H and O–H groups in total. The zero-order chi connectivity index (χ0) is 24.4. The van der Waals surface area contributed by atoms with Crippen LogP contribution in [0.2, 0.25) is 0 Å². The molecule has 5 rings (SSSR count). The summed E-state index contributed by atoms with van der Waals surface area (Å²) >= 11 is 0. The molecule has 2 aromatic carbocycles. The number of benzene rings is 2. The maximum atomic E-state index is 12.6. The van der Waals surface area contributed by atoms with Gasteiger partial charge in [0.1, 0.15) is 12.6 Å². The number of carboxylic acid groups (broad SMARTS) is 1. The number of ether oxygens (including phenoxy) is 1. The maximum Gasteiger partial charge on any atom is 0.407 e. The van der Waals surface area contributed by atoms with E-state index in [1.54, 1.807) is 0 Å². The molecule has 7 heteroatoms. The molecular weight excluding hydrogens is 444 g/mol. The van der Waals surface area contributed by atoms with Gasteiger partial charge in [-0.1, -0.05) is 61.4 Å². The molecule has 7 nitrogen and oxygen atoms in total. The summed E-state index contributed by atoms with van der Waals surface area (Å²) in [6.45, 7) is 0.588. The molecule has 2 atom stereocenters. The minimum Gasteiger partial charge on any atom is -0.480 e. The van der Waals surface area contributed by atoms with Gasteiger partial charge in [-0.2, -0.15) is 0 Å². The molecule has 184 valence electrons. The van der Waals surface area contributed by atoms with E-state index in [1.165, 1.54) is 11.1 Å². The lowest BCUT2D eigenvalue weighted by Crippen LogP contribution is -2.42. The second-order valence-electron chi connectivity index (χ2n) is 10.1. The first kappa shape index (κ1) is 23.4. The summed E-state index contributed by atoms with van der Waals surface area (Å²) in [6.07, 6.45) is 4.33. The number of alkyl carbamates (subject to hydrolysis) is 1. The fourth-order valence-corrected chi connectivity index (χ4v) is 5.24. The molecule has 0 aliphatic heterocycles. The molecule has 2 amide bonds. The molecule has 2 saturated carbocycles. The van der Waals surface area contributed by atoms with Gasteiger partial charge in [0.15, 0.2) is 0 Å². The Labute approximate surface area is 205 Å². The third-order valence-corrected chi connectivity index (χ3v) is 7.49. The molecule has 35 heavy (non-hydrogen) atoms. The first-order valence-corrected chi connectivity index (χ1v) is 12.6. The summed E-state index contributed by atoms with van der Waals surface area (Å²) in [4.78, 5) is 36.6. The van der Waals surface area contributed by atoms with Crippen molar-refractivity contribution in [1.29, 1.82) is 0 Å². The highest BCUT2D eigenvalue weighted by molar-refractivity contribution is 5.84. The fraction of sp³-hybridized carbons (Fsp3) is 0.464. The van der Waals surface area contributed by atoms with Gasteiger partial charge >= 0.3 is 12.1 Å². The fourth-order valence-electron chi connectivity index (χ4n) is 5.24. The number of hydrogen-bond donors (Lipinski definition) is 3. The van der Waals surface area contributed by atoms with Crippen molar-refractivity contribution in [2.24, 2.45) is 17.8 Å². The normalized spacial score (nSPS) is 18.2. The molecular formula is C28H32N2O5. The summed E-state index contributed by atoms with van der Waals surface area (Å²) in [5, 5.41) is 14.9. The zero-order valence-corrected chi connectivity index (χ0v) is 19.7. The highest BCUT2D eigenvalue weighted by Crippen LogP contribution is 2.44. The first-order valence-electron chi connectivity index (χ1n) is 12.6. The van der Waals surface area contributed by atoms with Crippen LogP contribution >= 0.6 is 0 Å². The second kappa shape index (κ2) is 10.1. The first-order chi connectivity index (χ1) is 17.0. The van der Waals surface area contributed by atoms with Gasteiger partial charge in [0.05, 0.1) is 0 Å². The topological polar surface area (TPSA) is 105 Å². The largest absolute Gasteiger partial charge is 0.480 e. The third-order valence-electron chi connectivity index (χ3n) is 7.49. The molecule has 3 aliphatic carbocycles. The lowest BCUT2D eigenvalue weighted by molar-refractivity contribution is -0.142. The van der Waals surface area contributed by atoms with Crippen LogP contribution in [-0.4, -0.2) is 42.3 Å². The summed E-state index contributed by atoms with van der Waals surface area (Å²) in [5.74, 6) is -0.482. The van der Waals surface area contributed by atoms with Crippen molar-refractivity contribution >= 4 is 18.0 Å². The SMILES string of the molecule is O=C(CC(CNC(=O)OCC1c2ccccc2-c2ccccc21)C1CC1)NC(CC1CC1)C(=O)O. The van der Waals surface area contributed by atoms with E-state index in [4.69, 9.17) is 4.74 Å². The Balaban J connectivity index is 1.12. The van der Waals surface area contributed by atoms with Gasteiger partial charge in [-0.15, -0.1) is 0 Å². The van der Waals surface area contributed by atoms with Crippen LogP contribution in [0.25, 0.3) is 11.1 Å². The molecule has 0 saturated heterocycles. The third kappa shape index (κ3) is 5.66. The predicted molar refractivity (Wildman–Crippen MR) is 131 cm³/mol. The quantitative estimate of drug-likeness (QED) is 0.448. The standard InChI is InChI=1S/C28H32N2O5/c31-26(30-25(27(32)33)13-17-9-10-17)14-19(18-11-12-18)15-29-28(34)35-16-24-22-7-3-1-5-20(22)21-6-2-4-8-23(21)24/h1-8,17-19,24-25H,9-16H2,(H,29,34)(H,30,31)(H,32,33). The number of hydrogen-bond acceptors (Lipinski definition) is 4. The molecule has 0 bridgehead atoms. The van der Waals surface area contributed by atoms with Gasteiger partial charge in [-0.05, 0) is 59.3 Å². The number of fused-ring (bicyclic) bond motifs is 3. The smallest absolute Gasteiger partial charge is 0.407 e. The Hall–Kier alpha value is -3.35. The van der Waals surface area contributed by atoms with Gasteiger partial charge in [0.2, 0.25) is 5.91 Å². The van der Waals surface area contributed by atoms with E-state index in [0.717, 1.165) is 36.8 Å². The Morgan fingerprint density at radius 1 is 0.943 bits per heavy atom. The molecule has 0 heterocycles. The molecule has 2 unspecified atom stereocenters. The van der Waals surface area contributed by atoms with E-state index in [1.807, 2.05) is 24.3 Å². The Morgan fingerprint density at radius 3 is 2.14 bits per heavy atom. The second-order valence-corrected chi connectivity index (χ2v) is 10.1. The van der Waals surface area contributed by atoms with Crippen LogP contribution in [0.5, 0.6) is 0 Å². The van der Waals surface area contributed by atoms with Crippen molar-refractivity contribution in [2.75, 3.05) is 13.2 Å². The van der Waals surface area contributed by atoms with E-state index in [9.17, 15) is 19.5 Å². The number of nitrogens with one attached hydrogen (secondary N) is 2. The van der Waals surface area contributed by atoms with E-state index in [-0.39, 0.29) is 30.8 Å². The molecule has 0 radical (unpaired) electrons. The highest BCUT2D eigenvalue weighted by atomic mass is 16.5. The zero-order valence-electron chi connectivity index (χ0n) is 19.7. The minimum atomic E-state index is -0.981. The number of carbonyl (C=O) groups is 3. The molecule has 0 spiro atoms. The average Bonchev–Trinajstić information content (AvgIpc) is 3.78. The van der Waals surface area contributed by atoms with Crippen molar-refractivity contribution in [3.05, 3.63) is 59.7 Å². The minimum absolute atomic E-state index is 0.00224.